The third-order valence-electron chi connectivity index (χ3n) is 3.85. The number of amides is 2. The van der Waals surface area contributed by atoms with Crippen molar-refractivity contribution in [3.63, 3.8) is 0 Å². The maximum absolute atomic E-state index is 13.8. The van der Waals surface area contributed by atoms with Crippen LogP contribution in [0.4, 0.5) is 14.9 Å². The van der Waals surface area contributed by atoms with E-state index in [4.69, 9.17) is 0 Å². The van der Waals surface area contributed by atoms with Crippen LogP contribution in [0.1, 0.15) is 24.0 Å². The first-order valence-corrected chi connectivity index (χ1v) is 7.51. The normalized spacial score (nSPS) is 13.7. The fourth-order valence-electron chi connectivity index (χ4n) is 2.40. The fraction of sp³-hybridized carbons (Fsp3) is 0.278. The number of benzene rings is 2. The second-order valence-electron chi connectivity index (χ2n) is 5.75. The molecule has 0 unspecified atom stereocenters. The number of nitrogens with one attached hydrogen (secondary N) is 1. The Morgan fingerprint density at radius 3 is 2.50 bits per heavy atom. The zero-order valence-corrected chi connectivity index (χ0v) is 12.6. The van der Waals surface area contributed by atoms with E-state index in [2.05, 4.69) is 5.32 Å². The Balaban J connectivity index is 1.72. The molecule has 3 rings (SSSR count). The Bertz CT molecular complexity index is 665. The smallest absolute Gasteiger partial charge is 0.317 e. The molecular formula is C18H19FN2O. The van der Waals surface area contributed by atoms with Gasteiger partial charge in [-0.1, -0.05) is 35.9 Å². The van der Waals surface area contributed by atoms with Gasteiger partial charge in [0, 0.05) is 17.3 Å². The zero-order valence-electron chi connectivity index (χ0n) is 12.6. The topological polar surface area (TPSA) is 32.3 Å². The van der Waals surface area contributed by atoms with Crippen molar-refractivity contribution in [2.45, 2.75) is 32.4 Å². The summed E-state index contributed by atoms with van der Waals surface area (Å²) in [5.41, 5.74) is 2.45. The first kappa shape index (κ1) is 14.6. The molecule has 1 saturated carbocycles. The van der Waals surface area contributed by atoms with Crippen LogP contribution in [0.2, 0.25) is 0 Å². The summed E-state index contributed by atoms with van der Waals surface area (Å²) in [5.74, 6) is -0.267. The van der Waals surface area contributed by atoms with Crippen LogP contribution in [0.3, 0.4) is 0 Å². The van der Waals surface area contributed by atoms with Crippen LogP contribution in [-0.4, -0.2) is 17.0 Å². The van der Waals surface area contributed by atoms with Gasteiger partial charge in [0.05, 0.1) is 6.54 Å². The van der Waals surface area contributed by atoms with E-state index in [1.165, 1.54) is 6.07 Å². The number of carbonyl (C=O) groups excluding carboxylic acids is 1. The Hall–Kier alpha value is -2.36. The van der Waals surface area contributed by atoms with E-state index < -0.39 is 0 Å². The zero-order chi connectivity index (χ0) is 15.5. The maximum atomic E-state index is 13.8. The van der Waals surface area contributed by atoms with E-state index >= 15 is 0 Å². The predicted molar refractivity (Wildman–Crippen MR) is 85.2 cm³/mol. The number of nitrogens with zero attached hydrogens (tertiary/aromatic N) is 1. The van der Waals surface area contributed by atoms with Gasteiger partial charge in [-0.3, -0.25) is 0 Å². The van der Waals surface area contributed by atoms with Gasteiger partial charge in [-0.25, -0.2) is 9.18 Å². The number of hydrogen-bond donors (Lipinski definition) is 1. The lowest BCUT2D eigenvalue weighted by molar-refractivity contribution is 0.205. The summed E-state index contributed by atoms with van der Waals surface area (Å²) in [4.78, 5) is 14.2. The van der Waals surface area contributed by atoms with Crippen molar-refractivity contribution in [2.24, 2.45) is 0 Å². The molecule has 0 aromatic heterocycles. The lowest BCUT2D eigenvalue weighted by atomic mass is 10.2. The van der Waals surface area contributed by atoms with E-state index in [1.807, 2.05) is 31.2 Å². The molecule has 0 bridgehead atoms. The molecule has 0 heterocycles. The second kappa shape index (κ2) is 6.18. The number of hydrogen-bond acceptors (Lipinski definition) is 1. The molecular weight excluding hydrogens is 279 g/mol. The number of rotatable bonds is 4. The van der Waals surface area contributed by atoms with Crippen LogP contribution in [0.5, 0.6) is 0 Å². The molecule has 0 saturated heterocycles. The molecule has 1 aliphatic carbocycles. The molecule has 114 valence electrons. The van der Waals surface area contributed by atoms with E-state index in [-0.39, 0.29) is 17.9 Å². The van der Waals surface area contributed by atoms with Gasteiger partial charge in [0.1, 0.15) is 5.82 Å². The molecule has 2 amide bonds. The summed E-state index contributed by atoms with van der Waals surface area (Å²) >= 11 is 0. The highest BCUT2D eigenvalue weighted by atomic mass is 19.1. The van der Waals surface area contributed by atoms with Gasteiger partial charge in [0.15, 0.2) is 0 Å². The minimum Gasteiger partial charge on any atom is -0.317 e. The second-order valence-corrected chi connectivity index (χ2v) is 5.75. The molecule has 0 atom stereocenters. The van der Waals surface area contributed by atoms with Crippen LogP contribution in [0.15, 0.2) is 48.5 Å². The SMILES string of the molecule is Cc1ccc(NC(=O)N(Cc2ccccc2F)C2CC2)cc1. The van der Waals surface area contributed by atoms with Crippen LogP contribution in [0, 0.1) is 12.7 Å². The van der Waals surface area contributed by atoms with Crippen molar-refractivity contribution >= 4 is 11.7 Å². The molecule has 1 aliphatic rings. The van der Waals surface area contributed by atoms with Crippen LogP contribution >= 0.6 is 0 Å². The summed E-state index contributed by atoms with van der Waals surface area (Å²) in [5, 5.41) is 2.89. The van der Waals surface area contributed by atoms with Gasteiger partial charge in [0.25, 0.3) is 0 Å². The number of aryl methyl sites for hydroxylation is 1. The van der Waals surface area contributed by atoms with E-state index in [0.29, 0.717) is 12.1 Å². The summed E-state index contributed by atoms with van der Waals surface area (Å²) in [6.45, 7) is 2.30. The molecule has 4 heteroatoms. The minimum atomic E-state index is -0.267. The third-order valence-corrected chi connectivity index (χ3v) is 3.85. The van der Waals surface area contributed by atoms with Crippen molar-refractivity contribution in [3.8, 4) is 0 Å². The molecule has 1 N–H and O–H groups in total. The van der Waals surface area contributed by atoms with Crippen LogP contribution < -0.4 is 5.32 Å². The largest absolute Gasteiger partial charge is 0.322 e. The quantitative estimate of drug-likeness (QED) is 0.895. The number of urea groups is 1. The van der Waals surface area contributed by atoms with Crippen molar-refractivity contribution in [1.82, 2.24) is 4.90 Å². The van der Waals surface area contributed by atoms with Gasteiger partial charge < -0.3 is 10.2 Å². The summed E-state index contributed by atoms with van der Waals surface area (Å²) in [6, 6.07) is 14.3. The van der Waals surface area contributed by atoms with Crippen molar-refractivity contribution < 1.29 is 9.18 Å². The van der Waals surface area contributed by atoms with Gasteiger partial charge in [-0.2, -0.15) is 0 Å². The monoisotopic (exact) mass is 298 g/mol. The Labute approximate surface area is 129 Å². The first-order chi connectivity index (χ1) is 10.6. The maximum Gasteiger partial charge on any atom is 0.322 e. The molecule has 0 aliphatic heterocycles. The van der Waals surface area contributed by atoms with E-state index in [9.17, 15) is 9.18 Å². The summed E-state index contributed by atoms with van der Waals surface area (Å²) in [7, 11) is 0. The van der Waals surface area contributed by atoms with Gasteiger partial charge in [0.2, 0.25) is 0 Å². The Kier molecular flexibility index (Phi) is 4.09. The number of halogens is 1. The molecule has 0 spiro atoms. The minimum absolute atomic E-state index is 0.172. The number of carbonyl (C=O) groups is 1. The van der Waals surface area contributed by atoms with Crippen molar-refractivity contribution in [2.75, 3.05) is 5.32 Å². The summed E-state index contributed by atoms with van der Waals surface area (Å²) in [6.07, 6.45) is 1.96. The lowest BCUT2D eigenvalue weighted by Crippen LogP contribution is -2.36. The average Bonchev–Trinajstić information content (AvgIpc) is 3.33. The molecule has 2 aromatic carbocycles. The van der Waals surface area contributed by atoms with Gasteiger partial charge in [-0.15, -0.1) is 0 Å². The molecule has 2 aromatic rings. The van der Waals surface area contributed by atoms with Gasteiger partial charge >= 0.3 is 6.03 Å². The molecule has 1 fully saturated rings. The standard InChI is InChI=1S/C18H19FN2O/c1-13-6-8-15(9-7-13)20-18(22)21(16-10-11-16)12-14-4-2-3-5-17(14)19/h2-9,16H,10-12H2,1H3,(H,20,22). The van der Waals surface area contributed by atoms with Crippen molar-refractivity contribution in [3.05, 3.63) is 65.5 Å². The lowest BCUT2D eigenvalue weighted by Gasteiger charge is -2.23. The van der Waals surface area contributed by atoms with E-state index in [0.717, 1.165) is 24.1 Å². The first-order valence-electron chi connectivity index (χ1n) is 7.51. The molecule has 22 heavy (non-hydrogen) atoms. The molecule has 0 radical (unpaired) electrons. The summed E-state index contributed by atoms with van der Waals surface area (Å²) < 4.78 is 13.8. The Morgan fingerprint density at radius 2 is 1.86 bits per heavy atom. The number of anilines is 1. The highest BCUT2D eigenvalue weighted by Crippen LogP contribution is 2.29. The van der Waals surface area contributed by atoms with Gasteiger partial charge in [-0.05, 0) is 38.0 Å². The van der Waals surface area contributed by atoms with Crippen molar-refractivity contribution in [1.29, 1.82) is 0 Å². The highest BCUT2D eigenvalue weighted by molar-refractivity contribution is 5.89. The van der Waals surface area contributed by atoms with Crippen LogP contribution in [0.25, 0.3) is 0 Å². The average molecular weight is 298 g/mol. The Morgan fingerprint density at radius 1 is 1.18 bits per heavy atom. The fourth-order valence-corrected chi connectivity index (χ4v) is 2.40. The highest BCUT2D eigenvalue weighted by Gasteiger charge is 2.33. The van der Waals surface area contributed by atoms with Crippen LogP contribution in [-0.2, 0) is 6.54 Å². The molecule has 3 nitrogen and oxygen atoms in total. The van der Waals surface area contributed by atoms with E-state index in [1.54, 1.807) is 23.1 Å². The third kappa shape index (κ3) is 3.45. The predicted octanol–water partition coefficient (Wildman–Crippen LogP) is 4.33.